The van der Waals surface area contributed by atoms with Crippen LogP contribution in [0.4, 0.5) is 11.4 Å². The maximum Gasteiger partial charge on any atom is 0.0553 e. The SMILES string of the molecule is [2H]C([2H])([2H])N(C)C(C)C([2H])([2H])N1c2ccccc2Sc2ccccc21. The van der Waals surface area contributed by atoms with Crippen LogP contribution in [0.5, 0.6) is 0 Å². The molecule has 20 heavy (non-hydrogen) atoms. The summed E-state index contributed by atoms with van der Waals surface area (Å²) in [5, 5.41) is 0. The lowest BCUT2D eigenvalue weighted by Crippen LogP contribution is -2.37. The molecule has 2 aromatic carbocycles. The lowest BCUT2D eigenvalue weighted by atomic mass is 10.2. The number of nitrogens with zero attached hydrogens (tertiary/aromatic N) is 2. The van der Waals surface area contributed by atoms with E-state index >= 15 is 0 Å². The highest BCUT2D eigenvalue weighted by Gasteiger charge is 2.24. The van der Waals surface area contributed by atoms with Crippen LogP contribution in [0.3, 0.4) is 0 Å². The summed E-state index contributed by atoms with van der Waals surface area (Å²) < 4.78 is 40.4. The number of para-hydroxylation sites is 2. The predicted octanol–water partition coefficient (Wildman–Crippen LogP) is 4.24. The van der Waals surface area contributed by atoms with Crippen molar-refractivity contribution in [3.8, 4) is 0 Å². The van der Waals surface area contributed by atoms with Gasteiger partial charge in [-0.1, -0.05) is 36.0 Å². The van der Waals surface area contributed by atoms with E-state index in [2.05, 4.69) is 0 Å². The molecule has 104 valence electrons. The van der Waals surface area contributed by atoms with E-state index in [1.54, 1.807) is 23.6 Å². The molecule has 1 atom stereocenters. The zero-order valence-corrected chi connectivity index (χ0v) is 12.3. The second-order valence-corrected chi connectivity index (χ2v) is 5.87. The van der Waals surface area contributed by atoms with E-state index in [0.29, 0.717) is 0 Å². The number of hydrogen-bond acceptors (Lipinski definition) is 3. The van der Waals surface area contributed by atoms with Gasteiger partial charge in [0, 0.05) is 26.4 Å². The maximum absolute atomic E-state index is 8.79. The molecule has 1 aliphatic heterocycles. The van der Waals surface area contributed by atoms with E-state index in [-0.39, 0.29) is 0 Å². The van der Waals surface area contributed by atoms with Crippen LogP contribution in [0.1, 0.15) is 13.8 Å². The van der Waals surface area contributed by atoms with Gasteiger partial charge in [-0.05, 0) is 45.2 Å². The van der Waals surface area contributed by atoms with Gasteiger partial charge in [0.1, 0.15) is 0 Å². The van der Waals surface area contributed by atoms with E-state index in [1.807, 2.05) is 48.5 Å². The van der Waals surface area contributed by atoms with E-state index in [0.717, 1.165) is 26.1 Å². The summed E-state index contributed by atoms with van der Waals surface area (Å²) in [6.07, 6.45) is 0. The molecule has 0 amide bonds. The minimum absolute atomic E-state index is 0.752. The summed E-state index contributed by atoms with van der Waals surface area (Å²) in [5.74, 6) is 0. The van der Waals surface area contributed by atoms with Crippen LogP contribution in [0.15, 0.2) is 58.3 Å². The first-order chi connectivity index (χ1) is 11.6. The van der Waals surface area contributed by atoms with Crippen molar-refractivity contribution in [1.29, 1.82) is 0 Å². The Labute approximate surface area is 132 Å². The van der Waals surface area contributed by atoms with Crippen molar-refractivity contribution in [3.63, 3.8) is 0 Å². The number of anilines is 2. The molecule has 1 heterocycles. The Bertz CT molecular complexity index is 732. The fourth-order valence-corrected chi connectivity index (χ4v) is 3.18. The average molecular weight is 289 g/mol. The molecule has 3 rings (SSSR count). The minimum Gasteiger partial charge on any atom is -0.338 e. The summed E-state index contributed by atoms with van der Waals surface area (Å²) in [4.78, 5) is 4.64. The minimum atomic E-state index is -2.36. The summed E-state index contributed by atoms with van der Waals surface area (Å²) in [5.41, 5.74) is 1.50. The third kappa shape index (κ3) is 2.43. The maximum atomic E-state index is 8.79. The first-order valence-electron chi connectivity index (χ1n) is 9.03. The summed E-state index contributed by atoms with van der Waals surface area (Å²) in [6, 6.07) is 14.4. The number of hydrogen-bond donors (Lipinski definition) is 0. The van der Waals surface area contributed by atoms with E-state index < -0.39 is 19.5 Å². The van der Waals surface area contributed by atoms with Crippen molar-refractivity contribution in [2.45, 2.75) is 22.8 Å². The molecule has 2 nitrogen and oxygen atoms in total. The van der Waals surface area contributed by atoms with Gasteiger partial charge in [0.2, 0.25) is 0 Å². The van der Waals surface area contributed by atoms with Crippen molar-refractivity contribution in [3.05, 3.63) is 48.5 Å². The highest BCUT2D eigenvalue weighted by atomic mass is 32.2. The van der Waals surface area contributed by atoms with Gasteiger partial charge in [-0.15, -0.1) is 0 Å². The van der Waals surface area contributed by atoms with Gasteiger partial charge in [-0.25, -0.2) is 0 Å². The lowest BCUT2D eigenvalue weighted by molar-refractivity contribution is 0.319. The zero-order valence-electron chi connectivity index (χ0n) is 16.5. The molecule has 0 fully saturated rings. The smallest absolute Gasteiger partial charge is 0.0553 e. The van der Waals surface area contributed by atoms with Crippen LogP contribution in [0.25, 0.3) is 0 Å². The molecule has 3 heteroatoms. The van der Waals surface area contributed by atoms with Gasteiger partial charge in [0.05, 0.1) is 14.1 Å². The Morgan fingerprint density at radius 1 is 1.15 bits per heavy atom. The predicted molar refractivity (Wildman–Crippen MR) is 87.2 cm³/mol. The molecule has 0 saturated carbocycles. The van der Waals surface area contributed by atoms with Crippen molar-refractivity contribution >= 4 is 23.1 Å². The second-order valence-electron chi connectivity index (χ2n) is 4.79. The molecule has 1 unspecified atom stereocenters. The van der Waals surface area contributed by atoms with Crippen molar-refractivity contribution < 1.29 is 6.85 Å². The molecular formula is C17H20N2S. The van der Waals surface area contributed by atoms with Crippen LogP contribution >= 0.6 is 11.8 Å². The topological polar surface area (TPSA) is 6.48 Å². The molecule has 0 spiro atoms. The largest absolute Gasteiger partial charge is 0.338 e. The fraction of sp³-hybridized carbons (Fsp3) is 0.294. The third-order valence-electron chi connectivity index (χ3n) is 3.33. The van der Waals surface area contributed by atoms with E-state index in [9.17, 15) is 0 Å². The van der Waals surface area contributed by atoms with Crippen LogP contribution in [-0.2, 0) is 0 Å². The Balaban J connectivity index is 2.12. The van der Waals surface area contributed by atoms with Gasteiger partial charge in [-0.3, -0.25) is 0 Å². The standard InChI is InChI=1S/C17H20N2S/c1-13(18(2)3)12-19-14-8-4-6-10-16(14)20-17-11-7-5-9-15(17)19/h4-11,13H,12H2,1-3H3/i2D3,12D2. The quantitative estimate of drug-likeness (QED) is 0.834. The average Bonchev–Trinajstić information content (AvgIpc) is 2.57. The Hall–Kier alpha value is -1.45. The number of rotatable bonds is 3. The molecule has 1 aliphatic rings. The fourth-order valence-electron chi connectivity index (χ4n) is 2.12. The van der Waals surface area contributed by atoms with Gasteiger partial charge in [0.25, 0.3) is 0 Å². The van der Waals surface area contributed by atoms with Gasteiger partial charge >= 0.3 is 0 Å². The molecule has 0 saturated heterocycles. The zero-order chi connectivity index (χ0) is 18.4. The number of fused-ring (bicyclic) bond motifs is 2. The first kappa shape index (κ1) is 8.75. The lowest BCUT2D eigenvalue weighted by Gasteiger charge is -2.36. The molecule has 0 aromatic heterocycles. The summed E-state index contributed by atoms with van der Waals surface area (Å²) in [7, 11) is 1.44. The van der Waals surface area contributed by atoms with E-state index in [1.165, 1.54) is 7.05 Å². The van der Waals surface area contributed by atoms with Crippen LogP contribution < -0.4 is 4.90 Å². The molecular weight excluding hydrogens is 264 g/mol. The monoisotopic (exact) mass is 289 g/mol. The molecule has 0 aliphatic carbocycles. The molecule has 0 bridgehead atoms. The van der Waals surface area contributed by atoms with Crippen LogP contribution in [0.2, 0.25) is 0 Å². The highest BCUT2D eigenvalue weighted by molar-refractivity contribution is 7.99. The summed E-state index contributed by atoms with van der Waals surface area (Å²) >= 11 is 1.59. The van der Waals surface area contributed by atoms with Crippen LogP contribution in [0, 0.1) is 0 Å². The second kappa shape index (κ2) is 5.51. The molecule has 0 N–H and O–H groups in total. The Morgan fingerprint density at radius 3 is 2.25 bits per heavy atom. The van der Waals surface area contributed by atoms with Crippen molar-refractivity contribution in [2.24, 2.45) is 0 Å². The normalized spacial score (nSPS) is 19.9. The number of benzene rings is 2. The summed E-state index contributed by atoms with van der Waals surface area (Å²) in [6.45, 7) is -2.67. The Kier molecular flexibility index (Phi) is 2.41. The van der Waals surface area contributed by atoms with Crippen LogP contribution in [-0.4, -0.2) is 31.5 Å². The number of likely N-dealkylation sites (N-methyl/N-ethyl adjacent to an activating group) is 1. The van der Waals surface area contributed by atoms with E-state index in [4.69, 9.17) is 6.85 Å². The van der Waals surface area contributed by atoms with Gasteiger partial charge in [-0.2, -0.15) is 0 Å². The Morgan fingerprint density at radius 2 is 1.70 bits per heavy atom. The molecule has 0 radical (unpaired) electrons. The molecule has 2 aromatic rings. The third-order valence-corrected chi connectivity index (χ3v) is 4.46. The highest BCUT2D eigenvalue weighted by Crippen LogP contribution is 2.47. The first-order valence-corrected chi connectivity index (χ1v) is 7.35. The van der Waals surface area contributed by atoms with Crippen molar-refractivity contribution in [2.75, 3.05) is 25.4 Å². The van der Waals surface area contributed by atoms with Crippen molar-refractivity contribution in [1.82, 2.24) is 4.90 Å². The van der Waals surface area contributed by atoms with Gasteiger partial charge in [0.15, 0.2) is 0 Å². The van der Waals surface area contributed by atoms with Gasteiger partial charge < -0.3 is 9.80 Å².